The third-order valence-electron chi connectivity index (χ3n) is 6.00. The van der Waals surface area contributed by atoms with Gasteiger partial charge >= 0.3 is 0 Å². The van der Waals surface area contributed by atoms with Crippen LogP contribution >= 0.6 is 0 Å². The number of anilines is 1. The van der Waals surface area contributed by atoms with Crippen molar-refractivity contribution in [3.63, 3.8) is 0 Å². The molecule has 1 fully saturated rings. The predicted octanol–water partition coefficient (Wildman–Crippen LogP) is 4.45. The number of rotatable bonds is 5. The summed E-state index contributed by atoms with van der Waals surface area (Å²) in [6.07, 6.45) is 5.59. The standard InChI is InChI=1S/C26H27N5O/c1-18-13-21(7-9-28-18)20-5-3-19(4-6-20)15-31-25-23-16-30-24(14-22(23)8-10-29-25)26(2)17-27-11-12-32-26/h3-10,13-14,16,27H,11-12,15,17H2,1-2H3,(H,29,31)/t26-/m0/s1. The first-order chi connectivity index (χ1) is 15.6. The zero-order chi connectivity index (χ0) is 22.0. The Kier molecular flexibility index (Phi) is 5.55. The van der Waals surface area contributed by atoms with E-state index in [-0.39, 0.29) is 0 Å². The minimum atomic E-state index is -0.404. The van der Waals surface area contributed by atoms with E-state index >= 15 is 0 Å². The van der Waals surface area contributed by atoms with Gasteiger partial charge in [0.15, 0.2) is 0 Å². The molecule has 32 heavy (non-hydrogen) atoms. The van der Waals surface area contributed by atoms with Crippen molar-refractivity contribution in [2.45, 2.75) is 26.0 Å². The van der Waals surface area contributed by atoms with Crippen molar-refractivity contribution in [2.75, 3.05) is 25.0 Å². The van der Waals surface area contributed by atoms with E-state index < -0.39 is 5.60 Å². The third-order valence-corrected chi connectivity index (χ3v) is 6.00. The lowest BCUT2D eigenvalue weighted by Crippen LogP contribution is -2.45. The largest absolute Gasteiger partial charge is 0.366 e. The van der Waals surface area contributed by atoms with Crippen molar-refractivity contribution >= 4 is 16.6 Å². The summed E-state index contributed by atoms with van der Waals surface area (Å²) in [5.41, 5.74) is 5.12. The van der Waals surface area contributed by atoms with Gasteiger partial charge in [-0.2, -0.15) is 0 Å². The summed E-state index contributed by atoms with van der Waals surface area (Å²) >= 11 is 0. The van der Waals surface area contributed by atoms with Gasteiger partial charge in [-0.05, 0) is 60.2 Å². The molecule has 0 amide bonds. The van der Waals surface area contributed by atoms with Crippen molar-refractivity contribution in [3.05, 3.63) is 84.1 Å². The van der Waals surface area contributed by atoms with Crippen LogP contribution in [0.25, 0.3) is 21.9 Å². The Morgan fingerprint density at radius 1 is 1.00 bits per heavy atom. The first kappa shape index (κ1) is 20.5. The molecule has 0 saturated carbocycles. The molecule has 1 aromatic carbocycles. The molecule has 6 heteroatoms. The van der Waals surface area contributed by atoms with Crippen molar-refractivity contribution in [1.82, 2.24) is 20.3 Å². The maximum absolute atomic E-state index is 6.02. The van der Waals surface area contributed by atoms with E-state index in [1.54, 1.807) is 0 Å². The summed E-state index contributed by atoms with van der Waals surface area (Å²) in [4.78, 5) is 13.5. The monoisotopic (exact) mass is 425 g/mol. The molecule has 4 heterocycles. The molecule has 162 valence electrons. The number of aromatic nitrogens is 3. The number of hydrogen-bond acceptors (Lipinski definition) is 6. The zero-order valence-electron chi connectivity index (χ0n) is 18.4. The van der Waals surface area contributed by atoms with Crippen molar-refractivity contribution < 1.29 is 4.74 Å². The zero-order valence-corrected chi connectivity index (χ0v) is 18.4. The molecule has 4 aromatic rings. The Morgan fingerprint density at radius 2 is 1.84 bits per heavy atom. The molecule has 1 aliphatic heterocycles. The number of ether oxygens (including phenoxy) is 1. The van der Waals surface area contributed by atoms with Gasteiger partial charge in [-0.1, -0.05) is 24.3 Å². The van der Waals surface area contributed by atoms with E-state index in [9.17, 15) is 0 Å². The molecule has 0 unspecified atom stereocenters. The van der Waals surface area contributed by atoms with Crippen LogP contribution in [0, 0.1) is 6.92 Å². The van der Waals surface area contributed by atoms with E-state index in [2.05, 4.69) is 63.9 Å². The van der Waals surface area contributed by atoms with Crippen molar-refractivity contribution in [2.24, 2.45) is 0 Å². The minimum absolute atomic E-state index is 0.404. The normalized spacial score (nSPS) is 18.6. The Balaban J connectivity index is 1.33. The van der Waals surface area contributed by atoms with Gasteiger partial charge in [-0.25, -0.2) is 4.98 Å². The Labute approximate surface area is 188 Å². The molecular weight excluding hydrogens is 398 g/mol. The van der Waals surface area contributed by atoms with Crippen LogP contribution in [-0.4, -0.2) is 34.6 Å². The number of benzene rings is 1. The summed E-state index contributed by atoms with van der Waals surface area (Å²) in [6.45, 7) is 7.12. The fourth-order valence-electron chi connectivity index (χ4n) is 4.12. The van der Waals surface area contributed by atoms with E-state index in [1.165, 1.54) is 16.7 Å². The molecule has 3 aromatic heterocycles. The van der Waals surface area contributed by atoms with Crippen LogP contribution in [0.4, 0.5) is 5.82 Å². The smallest absolute Gasteiger partial charge is 0.135 e. The fraction of sp³-hybridized carbons (Fsp3) is 0.269. The maximum Gasteiger partial charge on any atom is 0.135 e. The van der Waals surface area contributed by atoms with Gasteiger partial charge in [0.05, 0.1) is 12.3 Å². The van der Waals surface area contributed by atoms with Crippen LogP contribution in [0.2, 0.25) is 0 Å². The van der Waals surface area contributed by atoms with Gasteiger partial charge in [0.25, 0.3) is 0 Å². The lowest BCUT2D eigenvalue weighted by atomic mass is 9.98. The lowest BCUT2D eigenvalue weighted by molar-refractivity contribution is -0.0600. The molecule has 1 aliphatic rings. The average molecular weight is 426 g/mol. The van der Waals surface area contributed by atoms with Crippen LogP contribution < -0.4 is 10.6 Å². The first-order valence-electron chi connectivity index (χ1n) is 11.0. The first-order valence-corrected chi connectivity index (χ1v) is 11.0. The van der Waals surface area contributed by atoms with Crippen LogP contribution in [0.15, 0.2) is 67.1 Å². The van der Waals surface area contributed by atoms with Gasteiger partial charge in [0.2, 0.25) is 0 Å². The van der Waals surface area contributed by atoms with Crippen LogP contribution in [-0.2, 0) is 16.9 Å². The quantitative estimate of drug-likeness (QED) is 0.492. The molecule has 0 bridgehead atoms. The maximum atomic E-state index is 6.02. The second-order valence-electron chi connectivity index (χ2n) is 8.44. The molecular formula is C26H27N5O. The number of nitrogens with zero attached hydrogens (tertiary/aromatic N) is 3. The number of pyridine rings is 3. The Hall–Kier alpha value is -3.35. The van der Waals surface area contributed by atoms with Crippen LogP contribution in [0.5, 0.6) is 0 Å². The number of aryl methyl sites for hydroxylation is 1. The summed E-state index contributed by atoms with van der Waals surface area (Å²) in [5.74, 6) is 0.836. The third kappa shape index (κ3) is 4.20. The van der Waals surface area contributed by atoms with Gasteiger partial charge in [0.1, 0.15) is 11.4 Å². The summed E-state index contributed by atoms with van der Waals surface area (Å²) in [6, 6.07) is 16.9. The highest BCUT2D eigenvalue weighted by molar-refractivity contribution is 5.91. The molecule has 2 N–H and O–H groups in total. The average Bonchev–Trinajstić information content (AvgIpc) is 2.83. The van der Waals surface area contributed by atoms with Crippen LogP contribution in [0.1, 0.15) is 23.9 Å². The summed E-state index contributed by atoms with van der Waals surface area (Å²) < 4.78 is 6.02. The summed E-state index contributed by atoms with van der Waals surface area (Å²) in [7, 11) is 0. The number of fused-ring (bicyclic) bond motifs is 1. The highest BCUT2D eigenvalue weighted by Gasteiger charge is 2.31. The Bertz CT molecular complexity index is 1230. The van der Waals surface area contributed by atoms with E-state index in [0.29, 0.717) is 13.2 Å². The predicted molar refractivity (Wildman–Crippen MR) is 127 cm³/mol. The topological polar surface area (TPSA) is 72.0 Å². The van der Waals surface area contributed by atoms with Gasteiger partial charge in [-0.3, -0.25) is 9.97 Å². The molecule has 5 rings (SSSR count). The number of hydrogen-bond donors (Lipinski definition) is 2. The van der Waals surface area contributed by atoms with Gasteiger partial charge in [-0.15, -0.1) is 0 Å². The molecule has 6 nitrogen and oxygen atoms in total. The molecule has 0 aliphatic carbocycles. The SMILES string of the molecule is Cc1cc(-c2ccc(CNc3nccc4cc([C@]5(C)CNCCO5)ncc34)cc2)ccn1. The fourth-order valence-corrected chi connectivity index (χ4v) is 4.12. The van der Waals surface area contributed by atoms with Crippen LogP contribution in [0.3, 0.4) is 0 Å². The molecule has 0 spiro atoms. The second-order valence-corrected chi connectivity index (χ2v) is 8.44. The molecule has 0 radical (unpaired) electrons. The van der Waals surface area contributed by atoms with E-state index in [0.717, 1.165) is 41.1 Å². The number of nitrogens with one attached hydrogen (secondary N) is 2. The highest BCUT2D eigenvalue weighted by Crippen LogP contribution is 2.29. The highest BCUT2D eigenvalue weighted by atomic mass is 16.5. The van der Waals surface area contributed by atoms with Crippen molar-refractivity contribution in [3.8, 4) is 11.1 Å². The Morgan fingerprint density at radius 3 is 2.62 bits per heavy atom. The van der Waals surface area contributed by atoms with Crippen molar-refractivity contribution in [1.29, 1.82) is 0 Å². The minimum Gasteiger partial charge on any atom is -0.366 e. The molecule has 1 saturated heterocycles. The lowest BCUT2D eigenvalue weighted by Gasteiger charge is -2.34. The summed E-state index contributed by atoms with van der Waals surface area (Å²) in [5, 5.41) is 8.98. The molecule has 1 atom stereocenters. The van der Waals surface area contributed by atoms with E-state index in [4.69, 9.17) is 9.72 Å². The van der Waals surface area contributed by atoms with E-state index in [1.807, 2.05) is 37.6 Å². The van der Waals surface area contributed by atoms with Gasteiger partial charge in [0, 0.05) is 49.3 Å². The second kappa shape index (κ2) is 8.65. The van der Waals surface area contributed by atoms with Gasteiger partial charge < -0.3 is 15.4 Å². The number of morpholine rings is 1.